The zero-order chi connectivity index (χ0) is 18.4. The summed E-state index contributed by atoms with van der Waals surface area (Å²) in [4.78, 5) is 30.4. The molecule has 0 unspecified atom stereocenters. The molecule has 2 aromatic rings. The summed E-state index contributed by atoms with van der Waals surface area (Å²) in [7, 11) is 0. The molecule has 2 aromatic heterocycles. The highest BCUT2D eigenvalue weighted by molar-refractivity contribution is 5.82. The maximum atomic E-state index is 13.0. The first-order chi connectivity index (χ1) is 13.2. The van der Waals surface area contributed by atoms with Crippen LogP contribution in [-0.2, 0) is 23.3 Å². The van der Waals surface area contributed by atoms with Crippen molar-refractivity contribution in [2.75, 3.05) is 19.6 Å². The molecule has 0 atom stereocenters. The fourth-order valence-electron chi connectivity index (χ4n) is 4.85. The Hall–Kier alpha value is -2.21. The van der Waals surface area contributed by atoms with E-state index in [9.17, 15) is 4.79 Å². The Morgan fingerprint density at radius 3 is 2.81 bits per heavy atom. The lowest BCUT2D eigenvalue weighted by Gasteiger charge is -2.50. The number of aromatic amines is 1. The van der Waals surface area contributed by atoms with Gasteiger partial charge in [0.1, 0.15) is 0 Å². The van der Waals surface area contributed by atoms with Gasteiger partial charge in [0.2, 0.25) is 5.91 Å². The predicted molar refractivity (Wildman–Crippen MR) is 102 cm³/mol. The Balaban J connectivity index is 1.37. The molecule has 2 fully saturated rings. The molecule has 3 aliphatic rings. The first kappa shape index (κ1) is 16.9. The van der Waals surface area contributed by atoms with Gasteiger partial charge in [-0.3, -0.25) is 14.7 Å². The largest absolute Gasteiger partial charge is 0.348 e. The summed E-state index contributed by atoms with van der Waals surface area (Å²) < 4.78 is 0. The lowest BCUT2D eigenvalue weighted by molar-refractivity contribution is -0.143. The third kappa shape index (κ3) is 2.96. The number of likely N-dealkylation sites (tertiary alicyclic amines) is 1. The fraction of sp³-hybridized carbons (Fsp3) is 0.571. The SMILES string of the molecule is Cc1cccc(CN2CCC3(CC2)c2nc[nH]c2CCN3C(=O)C2CC2)n1. The van der Waals surface area contributed by atoms with Crippen LogP contribution in [0.2, 0.25) is 0 Å². The van der Waals surface area contributed by atoms with Crippen LogP contribution in [0.1, 0.15) is 48.5 Å². The second-order valence-electron chi connectivity index (χ2n) is 8.32. The van der Waals surface area contributed by atoms with E-state index in [4.69, 9.17) is 0 Å². The van der Waals surface area contributed by atoms with Crippen LogP contribution in [0.4, 0.5) is 0 Å². The summed E-state index contributed by atoms with van der Waals surface area (Å²) in [5.74, 6) is 0.620. The highest BCUT2D eigenvalue weighted by atomic mass is 16.2. The number of carbonyl (C=O) groups excluding carboxylic acids is 1. The van der Waals surface area contributed by atoms with Crippen molar-refractivity contribution in [1.29, 1.82) is 0 Å². The highest BCUT2D eigenvalue weighted by Crippen LogP contribution is 2.45. The Labute approximate surface area is 160 Å². The van der Waals surface area contributed by atoms with E-state index in [-0.39, 0.29) is 11.5 Å². The predicted octanol–water partition coefficient (Wildman–Crippen LogP) is 2.40. The maximum Gasteiger partial charge on any atom is 0.226 e. The van der Waals surface area contributed by atoms with E-state index in [2.05, 4.69) is 36.9 Å². The topological polar surface area (TPSA) is 65.1 Å². The Bertz CT molecular complexity index is 848. The molecule has 2 aliphatic heterocycles. The van der Waals surface area contributed by atoms with Crippen LogP contribution in [0.5, 0.6) is 0 Å². The molecule has 27 heavy (non-hydrogen) atoms. The summed E-state index contributed by atoms with van der Waals surface area (Å²) in [6.45, 7) is 5.68. The van der Waals surface area contributed by atoms with Crippen LogP contribution >= 0.6 is 0 Å². The van der Waals surface area contributed by atoms with E-state index in [1.807, 2.05) is 13.0 Å². The lowest BCUT2D eigenvalue weighted by Crippen LogP contribution is -2.58. The quantitative estimate of drug-likeness (QED) is 0.907. The summed E-state index contributed by atoms with van der Waals surface area (Å²) >= 11 is 0. The number of nitrogens with zero attached hydrogens (tertiary/aromatic N) is 4. The minimum Gasteiger partial charge on any atom is -0.348 e. The van der Waals surface area contributed by atoms with E-state index in [1.54, 1.807) is 6.33 Å². The van der Waals surface area contributed by atoms with E-state index in [0.29, 0.717) is 5.91 Å². The first-order valence-electron chi connectivity index (χ1n) is 10.1. The second-order valence-corrected chi connectivity index (χ2v) is 8.32. The smallest absolute Gasteiger partial charge is 0.226 e. The fourth-order valence-corrected chi connectivity index (χ4v) is 4.85. The van der Waals surface area contributed by atoms with Gasteiger partial charge < -0.3 is 9.88 Å². The zero-order valence-corrected chi connectivity index (χ0v) is 15.9. The molecule has 0 aromatic carbocycles. The summed E-state index contributed by atoms with van der Waals surface area (Å²) in [6.07, 6.45) is 6.73. The molecule has 5 rings (SSSR count). The molecule has 1 N–H and O–H groups in total. The van der Waals surface area contributed by atoms with Gasteiger partial charge in [-0.1, -0.05) is 6.07 Å². The van der Waals surface area contributed by atoms with Crippen LogP contribution in [0, 0.1) is 12.8 Å². The molecule has 1 spiro atoms. The molecule has 6 nitrogen and oxygen atoms in total. The maximum absolute atomic E-state index is 13.0. The first-order valence-corrected chi connectivity index (χ1v) is 10.1. The van der Waals surface area contributed by atoms with Gasteiger partial charge >= 0.3 is 0 Å². The number of fused-ring (bicyclic) bond motifs is 2. The third-order valence-electron chi connectivity index (χ3n) is 6.47. The van der Waals surface area contributed by atoms with Crippen LogP contribution in [0.15, 0.2) is 24.5 Å². The molecule has 6 heteroatoms. The average Bonchev–Trinajstić information content (AvgIpc) is 3.41. The van der Waals surface area contributed by atoms with Gasteiger partial charge in [0.15, 0.2) is 0 Å². The van der Waals surface area contributed by atoms with Crippen molar-refractivity contribution in [3.05, 3.63) is 47.3 Å². The van der Waals surface area contributed by atoms with Gasteiger partial charge in [-0.05, 0) is 44.7 Å². The van der Waals surface area contributed by atoms with Gasteiger partial charge in [-0.2, -0.15) is 0 Å². The highest BCUT2D eigenvalue weighted by Gasteiger charge is 2.50. The number of pyridine rings is 1. The van der Waals surface area contributed by atoms with Crippen molar-refractivity contribution >= 4 is 5.91 Å². The van der Waals surface area contributed by atoms with Crippen molar-refractivity contribution in [1.82, 2.24) is 24.8 Å². The number of amides is 1. The van der Waals surface area contributed by atoms with Crippen LogP contribution in [0.25, 0.3) is 0 Å². The van der Waals surface area contributed by atoms with Gasteiger partial charge in [-0.15, -0.1) is 0 Å². The second kappa shape index (κ2) is 6.44. The molecule has 0 radical (unpaired) electrons. The standard InChI is InChI=1S/C21H27N5O/c1-15-3-2-4-17(24-15)13-25-11-8-21(9-12-25)19-18(22-14-23-19)7-10-26(21)20(27)16-5-6-16/h2-4,14,16H,5-13H2,1H3,(H,22,23). The van der Waals surface area contributed by atoms with E-state index in [1.165, 1.54) is 5.69 Å². The minimum absolute atomic E-state index is 0.218. The number of imidazole rings is 1. The average molecular weight is 365 g/mol. The summed E-state index contributed by atoms with van der Waals surface area (Å²) in [6, 6.07) is 6.22. The molecule has 1 saturated heterocycles. The van der Waals surface area contributed by atoms with Crippen LogP contribution < -0.4 is 0 Å². The number of H-pyrrole nitrogens is 1. The third-order valence-corrected chi connectivity index (χ3v) is 6.47. The normalized spacial score (nSPS) is 22.0. The Morgan fingerprint density at radius 2 is 2.07 bits per heavy atom. The molecule has 0 bridgehead atoms. The van der Waals surface area contributed by atoms with Gasteiger partial charge in [0.25, 0.3) is 0 Å². The molecule has 1 amide bonds. The number of nitrogens with one attached hydrogen (secondary N) is 1. The Morgan fingerprint density at radius 1 is 1.26 bits per heavy atom. The van der Waals surface area contributed by atoms with Gasteiger partial charge in [0.05, 0.1) is 23.3 Å². The number of rotatable bonds is 3. The number of aromatic nitrogens is 3. The van der Waals surface area contributed by atoms with E-state index in [0.717, 1.165) is 75.4 Å². The molecule has 4 heterocycles. The van der Waals surface area contributed by atoms with Crippen molar-refractivity contribution in [2.24, 2.45) is 5.92 Å². The summed E-state index contributed by atoms with van der Waals surface area (Å²) in [5, 5.41) is 0. The monoisotopic (exact) mass is 365 g/mol. The molecule has 1 saturated carbocycles. The summed E-state index contributed by atoms with van der Waals surface area (Å²) in [5.41, 5.74) is 4.32. The van der Waals surface area contributed by atoms with Crippen LogP contribution in [0.3, 0.4) is 0 Å². The van der Waals surface area contributed by atoms with Gasteiger partial charge in [0, 0.05) is 49.9 Å². The Kier molecular flexibility index (Phi) is 4.04. The van der Waals surface area contributed by atoms with Crippen molar-refractivity contribution < 1.29 is 4.79 Å². The number of hydrogen-bond acceptors (Lipinski definition) is 4. The van der Waals surface area contributed by atoms with E-state index < -0.39 is 0 Å². The molecule has 142 valence electrons. The number of piperidine rings is 1. The lowest BCUT2D eigenvalue weighted by atomic mass is 9.78. The number of aryl methyl sites for hydroxylation is 1. The van der Waals surface area contributed by atoms with Gasteiger partial charge in [-0.25, -0.2) is 4.98 Å². The van der Waals surface area contributed by atoms with Crippen LogP contribution in [-0.4, -0.2) is 50.3 Å². The van der Waals surface area contributed by atoms with Crippen molar-refractivity contribution in [3.8, 4) is 0 Å². The minimum atomic E-state index is -0.218. The number of carbonyl (C=O) groups is 1. The zero-order valence-electron chi connectivity index (χ0n) is 15.9. The van der Waals surface area contributed by atoms with Crippen molar-refractivity contribution in [2.45, 2.75) is 51.1 Å². The van der Waals surface area contributed by atoms with Crippen molar-refractivity contribution in [3.63, 3.8) is 0 Å². The number of hydrogen-bond donors (Lipinski definition) is 1. The molecule has 1 aliphatic carbocycles. The van der Waals surface area contributed by atoms with E-state index >= 15 is 0 Å². The molecular formula is C21H27N5O. The molecular weight excluding hydrogens is 338 g/mol.